The van der Waals surface area contributed by atoms with Gasteiger partial charge in [0.25, 0.3) is 0 Å². The molecule has 7 nitrogen and oxygen atoms in total. The Morgan fingerprint density at radius 2 is 1.85 bits per heavy atom. The first-order valence-electron chi connectivity index (χ1n) is 11.6. The van der Waals surface area contributed by atoms with Crippen LogP contribution < -0.4 is 10.1 Å². The number of rotatable bonds is 8. The van der Waals surface area contributed by atoms with E-state index in [4.69, 9.17) is 9.26 Å². The summed E-state index contributed by atoms with van der Waals surface area (Å²) in [6, 6.07) is 15.9. The fourth-order valence-electron chi connectivity index (χ4n) is 4.00. The van der Waals surface area contributed by atoms with E-state index in [0.717, 1.165) is 30.7 Å². The molecule has 2 heterocycles. The second-order valence-corrected chi connectivity index (χ2v) is 8.99. The second kappa shape index (κ2) is 10.6. The minimum absolute atomic E-state index is 0.0555. The zero-order valence-corrected chi connectivity index (χ0v) is 19.6. The molecule has 1 N–H and O–H groups in total. The van der Waals surface area contributed by atoms with E-state index < -0.39 is 0 Å². The summed E-state index contributed by atoms with van der Waals surface area (Å²) in [5, 5.41) is 7.22. The number of carbonyl (C=O) groups excluding carboxylic acids is 1. The highest BCUT2D eigenvalue weighted by molar-refractivity contribution is 5.79. The molecule has 0 radical (unpaired) electrons. The lowest BCUT2D eigenvalue weighted by molar-refractivity contribution is -0.127. The number of carbonyl (C=O) groups is 1. The summed E-state index contributed by atoms with van der Waals surface area (Å²) < 4.78 is 11.3. The number of ether oxygens (including phenoxy) is 1. The average molecular weight is 449 g/mol. The minimum atomic E-state index is -0.0674. The lowest BCUT2D eigenvalue weighted by atomic mass is 9.97. The van der Waals surface area contributed by atoms with E-state index in [1.165, 1.54) is 11.1 Å². The highest BCUT2D eigenvalue weighted by Gasteiger charge is 2.27. The van der Waals surface area contributed by atoms with E-state index in [9.17, 15) is 4.79 Å². The second-order valence-electron chi connectivity index (χ2n) is 8.99. The molecule has 174 valence electrons. The molecule has 2 aromatic carbocycles. The van der Waals surface area contributed by atoms with E-state index in [0.29, 0.717) is 31.4 Å². The minimum Gasteiger partial charge on any atom is -0.491 e. The molecule has 7 heteroatoms. The predicted molar refractivity (Wildman–Crippen MR) is 127 cm³/mol. The van der Waals surface area contributed by atoms with Crippen molar-refractivity contribution < 1.29 is 14.1 Å². The number of piperidine rings is 1. The first-order chi connectivity index (χ1) is 16.0. The molecule has 1 amide bonds. The summed E-state index contributed by atoms with van der Waals surface area (Å²) in [7, 11) is 0. The van der Waals surface area contributed by atoms with Crippen molar-refractivity contribution in [3.05, 3.63) is 65.5 Å². The Morgan fingerprint density at radius 3 is 2.58 bits per heavy atom. The Hall–Kier alpha value is -3.19. The quantitative estimate of drug-likeness (QED) is 0.558. The molecule has 0 aliphatic carbocycles. The van der Waals surface area contributed by atoms with Crippen LogP contribution in [0.25, 0.3) is 11.4 Å². The van der Waals surface area contributed by atoms with Crippen molar-refractivity contribution in [1.82, 2.24) is 20.4 Å². The van der Waals surface area contributed by atoms with Crippen LogP contribution in [-0.4, -0.2) is 46.7 Å². The van der Waals surface area contributed by atoms with Crippen LogP contribution in [0.3, 0.4) is 0 Å². The van der Waals surface area contributed by atoms with Crippen molar-refractivity contribution in [2.24, 2.45) is 5.92 Å². The summed E-state index contributed by atoms with van der Waals surface area (Å²) in [5.74, 6) is 2.01. The van der Waals surface area contributed by atoms with E-state index in [1.807, 2.05) is 69.3 Å². The maximum absolute atomic E-state index is 12.8. The maximum Gasteiger partial charge on any atom is 0.241 e. The number of nitrogens with zero attached hydrogens (tertiary/aromatic N) is 3. The number of hydrogen-bond donors (Lipinski definition) is 1. The van der Waals surface area contributed by atoms with Crippen molar-refractivity contribution in [2.45, 2.75) is 46.2 Å². The fourth-order valence-corrected chi connectivity index (χ4v) is 4.00. The Balaban J connectivity index is 1.26. The molecule has 1 aromatic heterocycles. The van der Waals surface area contributed by atoms with Crippen molar-refractivity contribution >= 4 is 5.91 Å². The summed E-state index contributed by atoms with van der Waals surface area (Å²) in [5.41, 5.74) is 3.32. The number of aryl methyl sites for hydroxylation is 2. The van der Waals surface area contributed by atoms with E-state index in [1.54, 1.807) is 0 Å². The van der Waals surface area contributed by atoms with Gasteiger partial charge in [-0.05, 0) is 52.3 Å². The van der Waals surface area contributed by atoms with Crippen molar-refractivity contribution in [2.75, 3.05) is 19.7 Å². The highest BCUT2D eigenvalue weighted by Crippen LogP contribution is 2.21. The Kier molecular flexibility index (Phi) is 7.40. The van der Waals surface area contributed by atoms with Crippen LogP contribution >= 0.6 is 0 Å². The molecule has 2 atom stereocenters. The van der Waals surface area contributed by atoms with Gasteiger partial charge in [0.2, 0.25) is 17.6 Å². The third kappa shape index (κ3) is 6.42. The third-order valence-electron chi connectivity index (χ3n) is 5.92. The van der Waals surface area contributed by atoms with Crippen molar-refractivity contribution in [3.63, 3.8) is 0 Å². The molecular weight excluding hydrogens is 416 g/mol. The van der Waals surface area contributed by atoms with Gasteiger partial charge in [-0.15, -0.1) is 0 Å². The van der Waals surface area contributed by atoms with Gasteiger partial charge < -0.3 is 14.6 Å². The monoisotopic (exact) mass is 448 g/mol. The van der Waals surface area contributed by atoms with Gasteiger partial charge in [0.15, 0.2) is 0 Å². The molecule has 1 saturated heterocycles. The van der Waals surface area contributed by atoms with E-state index >= 15 is 0 Å². The lowest BCUT2D eigenvalue weighted by Crippen LogP contribution is -2.46. The number of amides is 1. The van der Waals surface area contributed by atoms with E-state index in [-0.39, 0.29) is 17.9 Å². The van der Waals surface area contributed by atoms with Crippen LogP contribution in [0.4, 0.5) is 0 Å². The zero-order chi connectivity index (χ0) is 23.2. The molecule has 0 saturated carbocycles. The molecule has 33 heavy (non-hydrogen) atoms. The van der Waals surface area contributed by atoms with E-state index in [2.05, 4.69) is 20.4 Å². The summed E-state index contributed by atoms with van der Waals surface area (Å²) in [6.07, 6.45) is 1.84. The normalized spacial score (nSPS) is 17.5. The molecule has 1 aliphatic rings. The zero-order valence-electron chi connectivity index (χ0n) is 19.6. The highest BCUT2D eigenvalue weighted by atomic mass is 16.5. The van der Waals surface area contributed by atoms with Crippen LogP contribution in [0.2, 0.25) is 0 Å². The Labute approximate surface area is 195 Å². The molecule has 3 aromatic rings. The standard InChI is InChI=1S/C26H32N4O3/c1-18-6-10-21(11-7-18)25-28-24(33-29-25)16-30-14-4-5-22(15-30)26(31)27-20(3)17-32-23-12-8-19(2)9-13-23/h6-13,20,22H,4-5,14-17H2,1-3H3,(H,27,31). The SMILES string of the molecule is Cc1ccc(OCC(C)NC(=O)C2CCCN(Cc3nc(-c4ccc(C)cc4)no3)C2)cc1. The number of nitrogens with one attached hydrogen (secondary N) is 1. The third-order valence-corrected chi connectivity index (χ3v) is 5.92. The van der Waals surface area contributed by atoms with Crippen molar-refractivity contribution in [1.29, 1.82) is 0 Å². The van der Waals surface area contributed by atoms with Crippen LogP contribution in [0.1, 0.15) is 36.8 Å². The van der Waals surface area contributed by atoms with Gasteiger partial charge in [0.1, 0.15) is 12.4 Å². The van der Waals surface area contributed by atoms with Gasteiger partial charge in [0.05, 0.1) is 18.5 Å². The average Bonchev–Trinajstić information content (AvgIpc) is 3.27. The molecule has 4 rings (SSSR count). The van der Waals surface area contributed by atoms with Gasteiger partial charge in [-0.3, -0.25) is 9.69 Å². The molecule has 1 aliphatic heterocycles. The Bertz CT molecular complexity index is 1050. The van der Waals surface area contributed by atoms with Crippen LogP contribution in [0.15, 0.2) is 53.1 Å². The van der Waals surface area contributed by atoms with Gasteiger partial charge >= 0.3 is 0 Å². The number of benzene rings is 2. The number of likely N-dealkylation sites (tertiary alicyclic amines) is 1. The molecule has 2 unspecified atom stereocenters. The van der Waals surface area contributed by atoms with Crippen LogP contribution in [0, 0.1) is 19.8 Å². The predicted octanol–water partition coefficient (Wildman–Crippen LogP) is 4.15. The first-order valence-corrected chi connectivity index (χ1v) is 11.6. The molecule has 0 spiro atoms. The maximum atomic E-state index is 12.8. The lowest BCUT2D eigenvalue weighted by Gasteiger charge is -2.31. The van der Waals surface area contributed by atoms with Crippen LogP contribution in [0.5, 0.6) is 5.75 Å². The van der Waals surface area contributed by atoms with Gasteiger partial charge in [-0.2, -0.15) is 4.98 Å². The van der Waals surface area contributed by atoms with Gasteiger partial charge in [0, 0.05) is 12.1 Å². The fraction of sp³-hybridized carbons (Fsp3) is 0.423. The van der Waals surface area contributed by atoms with Crippen LogP contribution in [-0.2, 0) is 11.3 Å². The topological polar surface area (TPSA) is 80.5 Å². The number of aromatic nitrogens is 2. The molecule has 0 bridgehead atoms. The largest absolute Gasteiger partial charge is 0.491 e. The smallest absolute Gasteiger partial charge is 0.241 e. The van der Waals surface area contributed by atoms with Gasteiger partial charge in [-0.25, -0.2) is 0 Å². The summed E-state index contributed by atoms with van der Waals surface area (Å²) in [4.78, 5) is 19.6. The molecular formula is C26H32N4O3. The first kappa shape index (κ1) is 23.0. The summed E-state index contributed by atoms with van der Waals surface area (Å²) >= 11 is 0. The Morgan fingerprint density at radius 1 is 1.15 bits per heavy atom. The molecule has 1 fully saturated rings. The van der Waals surface area contributed by atoms with Crippen molar-refractivity contribution in [3.8, 4) is 17.1 Å². The number of hydrogen-bond acceptors (Lipinski definition) is 6. The van der Waals surface area contributed by atoms with Gasteiger partial charge in [-0.1, -0.05) is 52.7 Å². The summed E-state index contributed by atoms with van der Waals surface area (Å²) in [6.45, 7) is 8.65.